The molecular formula is C24H41FN6O2S. The maximum Gasteiger partial charge on any atom is 0.256 e. The molecule has 1 aliphatic carbocycles. The largest absolute Gasteiger partial charge is 0.393 e. The lowest BCUT2D eigenvalue weighted by Gasteiger charge is -2.32. The van der Waals surface area contributed by atoms with Crippen molar-refractivity contribution in [1.29, 1.82) is 0 Å². The number of halogens is 1. The summed E-state index contributed by atoms with van der Waals surface area (Å²) in [6.45, 7) is 5.18. The molecule has 1 aromatic rings. The van der Waals surface area contributed by atoms with E-state index in [1.807, 2.05) is 11.8 Å². The highest BCUT2D eigenvalue weighted by atomic mass is 32.2. The second kappa shape index (κ2) is 14.7. The molecule has 1 saturated heterocycles. The highest BCUT2D eigenvalue weighted by molar-refractivity contribution is 7.99. The van der Waals surface area contributed by atoms with Crippen molar-refractivity contribution in [3.05, 3.63) is 11.8 Å². The molecule has 0 unspecified atom stereocenters. The van der Waals surface area contributed by atoms with Crippen molar-refractivity contribution in [2.75, 3.05) is 55.0 Å². The quantitative estimate of drug-likeness (QED) is 0.309. The Hall–Kier alpha value is -1.65. The number of hydrogen-bond acceptors (Lipinski definition) is 8. The van der Waals surface area contributed by atoms with Gasteiger partial charge < -0.3 is 26.0 Å². The normalized spacial score (nSPS) is 21.9. The Labute approximate surface area is 207 Å². The summed E-state index contributed by atoms with van der Waals surface area (Å²) in [7, 11) is 0. The Morgan fingerprint density at radius 1 is 1.18 bits per heavy atom. The molecule has 4 N–H and O–H groups in total. The van der Waals surface area contributed by atoms with Crippen LogP contribution in [0.25, 0.3) is 0 Å². The van der Waals surface area contributed by atoms with E-state index >= 15 is 0 Å². The lowest BCUT2D eigenvalue weighted by molar-refractivity contribution is 0.0910. The van der Waals surface area contributed by atoms with Crippen LogP contribution in [0.1, 0.15) is 68.6 Å². The van der Waals surface area contributed by atoms with Crippen LogP contribution in [0.4, 0.5) is 16.2 Å². The Bertz CT molecular complexity index is 742. The minimum absolute atomic E-state index is 0.0978. The number of aromatic nitrogens is 2. The van der Waals surface area contributed by atoms with Crippen LogP contribution < -0.4 is 16.0 Å². The van der Waals surface area contributed by atoms with Gasteiger partial charge in [0, 0.05) is 44.5 Å². The van der Waals surface area contributed by atoms with Crippen LogP contribution in [0.2, 0.25) is 0 Å². The lowest BCUT2D eigenvalue weighted by atomic mass is 9.93. The second-order valence-electron chi connectivity index (χ2n) is 9.21. The summed E-state index contributed by atoms with van der Waals surface area (Å²) in [5.74, 6) is 3.12. The molecular weight excluding hydrogens is 455 g/mol. The molecule has 34 heavy (non-hydrogen) atoms. The lowest BCUT2D eigenvalue weighted by Crippen LogP contribution is -2.45. The standard InChI is InChI=1S/C24H41FN6O2S/c1-2-34-16-4-12-26-24-27-17-21(22(30-24)28-18-5-7-20(32)8-6-18)23(33)29-19-9-14-31(15-10-19)13-3-11-25/h17-20,32H,2-16H2,1H3,(H,29,33)(H2,26,27,28,30). The Kier molecular flexibility index (Phi) is 11.6. The molecule has 2 heterocycles. The third-order valence-corrected chi connectivity index (χ3v) is 7.54. The molecule has 0 atom stereocenters. The fourth-order valence-corrected chi connectivity index (χ4v) is 5.16. The molecule has 10 heteroatoms. The molecule has 192 valence electrons. The summed E-state index contributed by atoms with van der Waals surface area (Å²) in [6, 6.07) is 0.276. The molecule has 2 fully saturated rings. The SMILES string of the molecule is CCSCCCNc1ncc(C(=O)NC2CCN(CCCF)CC2)c(NC2CCC(O)CC2)n1. The molecule has 1 saturated carbocycles. The Morgan fingerprint density at radius 3 is 2.65 bits per heavy atom. The van der Waals surface area contributed by atoms with E-state index in [4.69, 9.17) is 0 Å². The predicted molar refractivity (Wildman–Crippen MR) is 138 cm³/mol. The van der Waals surface area contributed by atoms with Crippen LogP contribution in [0.15, 0.2) is 6.20 Å². The van der Waals surface area contributed by atoms with Gasteiger partial charge in [-0.15, -0.1) is 0 Å². The van der Waals surface area contributed by atoms with E-state index in [1.54, 1.807) is 6.20 Å². The minimum Gasteiger partial charge on any atom is -0.393 e. The minimum atomic E-state index is -0.283. The van der Waals surface area contributed by atoms with Gasteiger partial charge in [-0.05, 0) is 62.9 Å². The van der Waals surface area contributed by atoms with E-state index in [-0.39, 0.29) is 30.8 Å². The number of nitrogens with zero attached hydrogens (tertiary/aromatic N) is 3. The number of anilines is 2. The number of thioether (sulfide) groups is 1. The predicted octanol–water partition coefficient (Wildman–Crippen LogP) is 3.30. The van der Waals surface area contributed by atoms with E-state index in [1.165, 1.54) is 0 Å². The van der Waals surface area contributed by atoms with E-state index in [2.05, 4.69) is 37.7 Å². The van der Waals surface area contributed by atoms with Crippen LogP contribution in [0, 0.1) is 0 Å². The fourth-order valence-electron chi connectivity index (χ4n) is 4.52. The van der Waals surface area contributed by atoms with E-state index < -0.39 is 0 Å². The van der Waals surface area contributed by atoms with Crippen molar-refractivity contribution in [1.82, 2.24) is 20.2 Å². The summed E-state index contributed by atoms with van der Waals surface area (Å²) in [4.78, 5) is 24.5. The molecule has 3 rings (SSSR count). The highest BCUT2D eigenvalue weighted by Gasteiger charge is 2.25. The zero-order valence-electron chi connectivity index (χ0n) is 20.4. The molecule has 0 spiro atoms. The number of piperidine rings is 1. The van der Waals surface area contributed by atoms with Crippen molar-refractivity contribution in [2.24, 2.45) is 0 Å². The van der Waals surface area contributed by atoms with Gasteiger partial charge in [0.15, 0.2) is 0 Å². The number of hydrogen-bond donors (Lipinski definition) is 4. The van der Waals surface area contributed by atoms with Gasteiger partial charge in [0.1, 0.15) is 11.4 Å². The van der Waals surface area contributed by atoms with Crippen LogP contribution in [0.5, 0.6) is 0 Å². The average Bonchev–Trinajstić information content (AvgIpc) is 2.85. The third-order valence-electron chi connectivity index (χ3n) is 6.55. The number of rotatable bonds is 13. The van der Waals surface area contributed by atoms with E-state index in [0.717, 1.165) is 82.6 Å². The maximum atomic E-state index is 13.2. The third kappa shape index (κ3) is 8.85. The van der Waals surface area contributed by atoms with E-state index in [9.17, 15) is 14.3 Å². The van der Waals surface area contributed by atoms with Crippen LogP contribution in [0.3, 0.4) is 0 Å². The van der Waals surface area contributed by atoms with Gasteiger partial charge in [-0.2, -0.15) is 16.7 Å². The fraction of sp³-hybridized carbons (Fsp3) is 0.792. The van der Waals surface area contributed by atoms with Crippen molar-refractivity contribution in [2.45, 2.75) is 76.5 Å². The van der Waals surface area contributed by atoms with Crippen LogP contribution >= 0.6 is 11.8 Å². The molecule has 0 aromatic carbocycles. The van der Waals surface area contributed by atoms with Crippen molar-refractivity contribution >= 4 is 29.4 Å². The highest BCUT2D eigenvalue weighted by Crippen LogP contribution is 2.24. The van der Waals surface area contributed by atoms with Gasteiger partial charge in [-0.1, -0.05) is 6.92 Å². The van der Waals surface area contributed by atoms with Gasteiger partial charge in [-0.25, -0.2) is 4.98 Å². The number of aliphatic hydroxyl groups excluding tert-OH is 1. The summed E-state index contributed by atoms with van der Waals surface area (Å²) in [5.41, 5.74) is 0.457. The molecule has 0 radical (unpaired) electrons. The number of nitrogens with one attached hydrogen (secondary N) is 3. The van der Waals surface area contributed by atoms with E-state index in [0.29, 0.717) is 23.8 Å². The number of amides is 1. The van der Waals surface area contributed by atoms with Crippen molar-refractivity contribution in [3.63, 3.8) is 0 Å². The van der Waals surface area contributed by atoms with Gasteiger partial charge in [-0.3, -0.25) is 9.18 Å². The first kappa shape index (κ1) is 26.9. The van der Waals surface area contributed by atoms with Crippen molar-refractivity contribution < 1.29 is 14.3 Å². The zero-order valence-corrected chi connectivity index (χ0v) is 21.2. The molecule has 0 bridgehead atoms. The van der Waals surface area contributed by atoms with Crippen LogP contribution in [-0.4, -0.2) is 88.4 Å². The van der Waals surface area contributed by atoms with Crippen LogP contribution in [-0.2, 0) is 0 Å². The Morgan fingerprint density at radius 2 is 1.94 bits per heavy atom. The monoisotopic (exact) mass is 496 g/mol. The average molecular weight is 497 g/mol. The molecule has 2 aliphatic rings. The van der Waals surface area contributed by atoms with Gasteiger partial charge in [0.05, 0.1) is 12.8 Å². The Balaban J connectivity index is 1.61. The first-order chi connectivity index (χ1) is 16.6. The van der Waals surface area contributed by atoms with Crippen molar-refractivity contribution in [3.8, 4) is 0 Å². The molecule has 1 amide bonds. The summed E-state index contributed by atoms with van der Waals surface area (Å²) in [5, 5.41) is 19.7. The number of carbonyl (C=O) groups excluding carboxylic acids is 1. The summed E-state index contributed by atoms with van der Waals surface area (Å²) < 4.78 is 12.4. The zero-order chi connectivity index (χ0) is 24.2. The number of likely N-dealkylation sites (tertiary alicyclic amines) is 1. The van der Waals surface area contributed by atoms with Gasteiger partial charge in [0.25, 0.3) is 5.91 Å². The van der Waals surface area contributed by atoms with Gasteiger partial charge >= 0.3 is 0 Å². The summed E-state index contributed by atoms with van der Waals surface area (Å²) >= 11 is 1.91. The molecule has 8 nitrogen and oxygen atoms in total. The first-order valence-corrected chi connectivity index (χ1v) is 14.0. The molecule has 1 aromatic heterocycles. The summed E-state index contributed by atoms with van der Waals surface area (Å²) in [6.07, 6.45) is 7.89. The number of carbonyl (C=O) groups is 1. The maximum absolute atomic E-state index is 13.2. The number of aliphatic hydroxyl groups is 1. The second-order valence-corrected chi connectivity index (χ2v) is 10.6. The molecule has 1 aliphatic heterocycles. The van der Waals surface area contributed by atoms with Gasteiger partial charge in [0.2, 0.25) is 5.95 Å². The number of alkyl halides is 1. The smallest absolute Gasteiger partial charge is 0.256 e. The topological polar surface area (TPSA) is 102 Å². The first-order valence-electron chi connectivity index (χ1n) is 12.8.